The van der Waals surface area contributed by atoms with Crippen LogP contribution >= 0.6 is 23.1 Å². The summed E-state index contributed by atoms with van der Waals surface area (Å²) < 4.78 is 14.4. The average Bonchev–Trinajstić information content (AvgIpc) is 3.28. The average molecular weight is 404 g/mol. The third-order valence-electron chi connectivity index (χ3n) is 4.52. The van der Waals surface area contributed by atoms with E-state index in [1.165, 1.54) is 39.0 Å². The Morgan fingerprint density at radius 1 is 1.30 bits per heavy atom. The van der Waals surface area contributed by atoms with E-state index in [1.54, 1.807) is 23.5 Å². The van der Waals surface area contributed by atoms with Crippen LogP contribution in [-0.2, 0) is 17.8 Å². The molecule has 1 aliphatic heterocycles. The van der Waals surface area contributed by atoms with Crippen molar-refractivity contribution in [1.82, 2.24) is 19.8 Å². The minimum atomic E-state index is -0.335. The minimum absolute atomic E-state index is 0.0585. The molecule has 0 aliphatic carbocycles. The molecule has 0 fully saturated rings. The fourth-order valence-electron chi connectivity index (χ4n) is 3.06. The van der Waals surface area contributed by atoms with Crippen LogP contribution in [0.15, 0.2) is 40.9 Å². The van der Waals surface area contributed by atoms with Crippen molar-refractivity contribution in [2.24, 2.45) is 0 Å². The molecule has 1 aromatic carbocycles. The first-order valence-corrected chi connectivity index (χ1v) is 10.3. The molecule has 9 heteroatoms. The van der Waals surface area contributed by atoms with Gasteiger partial charge < -0.3 is 10.7 Å². The Morgan fingerprint density at radius 3 is 2.85 bits per heavy atom. The largest absolute Gasteiger partial charge is 0.337 e. The summed E-state index contributed by atoms with van der Waals surface area (Å²) in [6, 6.07) is 7.97. The lowest BCUT2D eigenvalue weighted by Gasteiger charge is -2.29. The van der Waals surface area contributed by atoms with Crippen molar-refractivity contribution in [2.45, 2.75) is 30.3 Å². The van der Waals surface area contributed by atoms with Gasteiger partial charge in [0.05, 0.1) is 5.25 Å². The number of halogens is 1. The molecule has 1 amide bonds. The molecule has 1 unspecified atom stereocenters. The number of fused-ring (bicyclic) bond motifs is 1. The maximum Gasteiger partial charge on any atom is 0.236 e. The van der Waals surface area contributed by atoms with E-state index in [-0.39, 0.29) is 17.0 Å². The zero-order chi connectivity index (χ0) is 19.0. The van der Waals surface area contributed by atoms with Crippen LogP contribution in [0.4, 0.5) is 4.39 Å². The summed E-state index contributed by atoms with van der Waals surface area (Å²) in [6.45, 7) is 3.23. The number of thiophene rings is 1. The molecule has 0 radical (unpaired) electrons. The summed E-state index contributed by atoms with van der Waals surface area (Å²) in [7, 11) is 0. The van der Waals surface area contributed by atoms with Crippen molar-refractivity contribution < 1.29 is 9.18 Å². The maximum atomic E-state index is 13.1. The number of rotatable bonds is 4. The molecule has 2 aromatic heterocycles. The van der Waals surface area contributed by atoms with Crippen molar-refractivity contribution in [3.05, 3.63) is 52.0 Å². The highest BCUT2D eigenvalue weighted by Gasteiger charge is 2.27. The van der Waals surface area contributed by atoms with Gasteiger partial charge in [-0.1, -0.05) is 11.8 Å². The van der Waals surface area contributed by atoms with Crippen LogP contribution in [0.3, 0.4) is 0 Å². The van der Waals surface area contributed by atoms with E-state index in [1.807, 2.05) is 11.8 Å². The Hall–Kier alpha value is -2.39. The van der Waals surface area contributed by atoms with Gasteiger partial charge in [-0.2, -0.15) is 0 Å². The molecule has 3 heterocycles. The van der Waals surface area contributed by atoms with Gasteiger partial charge in [-0.25, -0.2) is 9.07 Å². The Bertz CT molecular complexity index is 969. The molecular formula is C18H18FN5OS2. The van der Waals surface area contributed by atoms with Crippen LogP contribution in [0.5, 0.6) is 0 Å². The van der Waals surface area contributed by atoms with Gasteiger partial charge in [0.2, 0.25) is 11.1 Å². The van der Waals surface area contributed by atoms with E-state index in [0.29, 0.717) is 23.1 Å². The highest BCUT2D eigenvalue weighted by molar-refractivity contribution is 8.00. The zero-order valence-corrected chi connectivity index (χ0v) is 16.3. The van der Waals surface area contributed by atoms with Gasteiger partial charge in [0.25, 0.3) is 0 Å². The highest BCUT2D eigenvalue weighted by atomic mass is 32.2. The lowest BCUT2D eigenvalue weighted by Crippen LogP contribution is -2.39. The standard InChI is InChI=1S/C18H18FN5OS2/c1-11(17(25)23-8-6-15-13(10-23)7-9-26-15)27-18-22-21-16(24(18)20)12-2-4-14(19)5-3-12/h2-5,7,9,11H,6,8,10,20H2,1H3. The van der Waals surface area contributed by atoms with Crippen LogP contribution in [0.2, 0.25) is 0 Å². The van der Waals surface area contributed by atoms with E-state index in [0.717, 1.165) is 13.0 Å². The molecule has 27 heavy (non-hydrogen) atoms. The lowest BCUT2D eigenvalue weighted by atomic mass is 10.1. The van der Waals surface area contributed by atoms with Crippen LogP contribution < -0.4 is 5.84 Å². The summed E-state index contributed by atoms with van der Waals surface area (Å²) in [5.74, 6) is 6.26. The number of nitrogens with two attached hydrogens (primary N) is 1. The van der Waals surface area contributed by atoms with E-state index >= 15 is 0 Å². The lowest BCUT2D eigenvalue weighted by molar-refractivity contribution is -0.131. The molecule has 0 bridgehead atoms. The van der Waals surface area contributed by atoms with Crippen LogP contribution in [-0.4, -0.2) is 37.5 Å². The predicted octanol–water partition coefficient (Wildman–Crippen LogP) is 2.93. The van der Waals surface area contributed by atoms with E-state index < -0.39 is 0 Å². The first-order chi connectivity index (χ1) is 13.0. The second-order valence-corrected chi connectivity index (χ2v) is 8.63. The van der Waals surface area contributed by atoms with Crippen molar-refractivity contribution in [3.8, 4) is 11.4 Å². The summed E-state index contributed by atoms with van der Waals surface area (Å²) in [6.07, 6.45) is 0.901. The van der Waals surface area contributed by atoms with E-state index in [2.05, 4.69) is 21.6 Å². The molecule has 0 saturated carbocycles. The molecule has 6 nitrogen and oxygen atoms in total. The van der Waals surface area contributed by atoms with Crippen molar-refractivity contribution in [1.29, 1.82) is 0 Å². The number of carbonyl (C=O) groups is 1. The Kier molecular flexibility index (Phi) is 4.88. The minimum Gasteiger partial charge on any atom is -0.337 e. The normalized spacial score (nSPS) is 14.8. The van der Waals surface area contributed by atoms with Crippen molar-refractivity contribution in [2.75, 3.05) is 12.4 Å². The second-order valence-electron chi connectivity index (χ2n) is 6.32. The Morgan fingerprint density at radius 2 is 2.07 bits per heavy atom. The van der Waals surface area contributed by atoms with Gasteiger partial charge in [-0.15, -0.1) is 21.5 Å². The maximum absolute atomic E-state index is 13.1. The number of hydrogen-bond acceptors (Lipinski definition) is 6. The number of amides is 1. The van der Waals surface area contributed by atoms with E-state index in [9.17, 15) is 9.18 Å². The summed E-state index contributed by atoms with van der Waals surface area (Å²) in [5.41, 5.74) is 1.90. The third kappa shape index (κ3) is 3.57. The van der Waals surface area contributed by atoms with Crippen LogP contribution in [0.25, 0.3) is 11.4 Å². The quantitative estimate of drug-likeness (QED) is 0.535. The summed E-state index contributed by atoms with van der Waals surface area (Å²) in [4.78, 5) is 16.1. The molecule has 1 aliphatic rings. The number of hydrogen-bond donors (Lipinski definition) is 1. The van der Waals surface area contributed by atoms with E-state index in [4.69, 9.17) is 5.84 Å². The third-order valence-corrected chi connectivity index (χ3v) is 6.58. The molecular weight excluding hydrogens is 385 g/mol. The van der Waals surface area contributed by atoms with Crippen LogP contribution in [0.1, 0.15) is 17.4 Å². The highest BCUT2D eigenvalue weighted by Crippen LogP contribution is 2.29. The first kappa shape index (κ1) is 18.0. The van der Waals surface area contributed by atoms with Gasteiger partial charge in [0, 0.05) is 23.5 Å². The molecule has 3 aromatic rings. The van der Waals surface area contributed by atoms with Crippen LogP contribution in [0, 0.1) is 5.82 Å². The number of benzene rings is 1. The number of thioether (sulfide) groups is 1. The van der Waals surface area contributed by atoms with Gasteiger partial charge in [-0.05, 0) is 54.6 Å². The topological polar surface area (TPSA) is 77.0 Å². The van der Waals surface area contributed by atoms with Crippen molar-refractivity contribution >= 4 is 29.0 Å². The summed E-state index contributed by atoms with van der Waals surface area (Å²) in [5, 5.41) is 10.4. The number of aromatic nitrogens is 3. The zero-order valence-electron chi connectivity index (χ0n) is 14.6. The smallest absolute Gasteiger partial charge is 0.236 e. The molecule has 0 saturated heterocycles. The number of nitrogen functional groups attached to an aromatic ring is 1. The molecule has 0 spiro atoms. The van der Waals surface area contributed by atoms with Gasteiger partial charge in [-0.3, -0.25) is 4.79 Å². The fourth-order valence-corrected chi connectivity index (χ4v) is 4.80. The molecule has 1 atom stereocenters. The second kappa shape index (κ2) is 7.32. The van der Waals surface area contributed by atoms with Crippen molar-refractivity contribution in [3.63, 3.8) is 0 Å². The molecule has 4 rings (SSSR count). The monoisotopic (exact) mass is 403 g/mol. The predicted molar refractivity (Wildman–Crippen MR) is 104 cm³/mol. The Labute approximate surface area is 164 Å². The number of carbonyl (C=O) groups excluding carboxylic acids is 1. The van der Waals surface area contributed by atoms with Gasteiger partial charge in [0.15, 0.2) is 5.82 Å². The molecule has 140 valence electrons. The van der Waals surface area contributed by atoms with Gasteiger partial charge in [0.1, 0.15) is 5.82 Å². The SMILES string of the molecule is CC(Sc1nnc(-c2ccc(F)cc2)n1N)C(=O)N1CCc2sccc2C1. The fraction of sp³-hybridized carbons (Fsp3) is 0.278. The molecule has 2 N–H and O–H groups in total. The first-order valence-electron chi connectivity index (χ1n) is 8.50. The van der Waals surface area contributed by atoms with Gasteiger partial charge >= 0.3 is 0 Å². The summed E-state index contributed by atoms with van der Waals surface area (Å²) >= 11 is 3.02. The Balaban J connectivity index is 1.46. The number of nitrogens with zero attached hydrogens (tertiary/aromatic N) is 4.